The third-order valence-electron chi connectivity index (χ3n) is 4.67. The molecular weight excluding hydrogens is 382 g/mol. The maximum absolute atomic E-state index is 12.6. The van der Waals surface area contributed by atoms with E-state index in [1.165, 1.54) is 5.56 Å². The summed E-state index contributed by atoms with van der Waals surface area (Å²) in [4.78, 5) is 20.4. The highest BCUT2D eigenvalue weighted by atomic mass is 32.2. The van der Waals surface area contributed by atoms with Crippen LogP contribution in [-0.4, -0.2) is 42.1 Å². The lowest BCUT2D eigenvalue weighted by molar-refractivity contribution is 0.0342. The first-order valence-corrected chi connectivity index (χ1v) is 10.5. The van der Waals surface area contributed by atoms with Gasteiger partial charge in [0, 0.05) is 42.0 Å². The molecule has 1 amide bonds. The number of hydrogen-bond donors (Lipinski definition) is 1. The fourth-order valence-corrected chi connectivity index (χ4v) is 3.94. The van der Waals surface area contributed by atoms with E-state index in [1.807, 2.05) is 60.7 Å². The maximum atomic E-state index is 12.6. The quantitative estimate of drug-likeness (QED) is 0.662. The molecule has 1 N–H and O–H groups in total. The van der Waals surface area contributed by atoms with Crippen LogP contribution in [0.1, 0.15) is 15.9 Å². The highest BCUT2D eigenvalue weighted by molar-refractivity contribution is 7.99. The molecule has 3 aromatic rings. The third-order valence-corrected chi connectivity index (χ3v) is 5.63. The summed E-state index contributed by atoms with van der Waals surface area (Å²) in [5, 5.41) is 3.94. The zero-order valence-electron chi connectivity index (χ0n) is 16.1. The van der Waals surface area contributed by atoms with E-state index >= 15 is 0 Å². The highest BCUT2D eigenvalue weighted by Crippen LogP contribution is 2.26. The van der Waals surface area contributed by atoms with Crippen LogP contribution in [0.25, 0.3) is 0 Å². The molecule has 1 aliphatic heterocycles. The molecule has 1 aliphatic rings. The molecule has 148 valence electrons. The molecule has 0 aliphatic carbocycles. The van der Waals surface area contributed by atoms with Crippen LogP contribution in [-0.2, 0) is 11.3 Å². The Labute approximate surface area is 175 Å². The Morgan fingerprint density at radius 3 is 2.62 bits per heavy atom. The molecule has 29 heavy (non-hydrogen) atoms. The predicted molar refractivity (Wildman–Crippen MR) is 115 cm³/mol. The van der Waals surface area contributed by atoms with Gasteiger partial charge in [0.25, 0.3) is 5.91 Å². The first-order chi connectivity index (χ1) is 14.3. The summed E-state index contributed by atoms with van der Waals surface area (Å²) in [6.07, 6.45) is 1.78. The molecule has 0 radical (unpaired) electrons. The summed E-state index contributed by atoms with van der Waals surface area (Å²) in [6.45, 7) is 4.32. The summed E-state index contributed by atoms with van der Waals surface area (Å²) in [7, 11) is 0. The van der Waals surface area contributed by atoms with Gasteiger partial charge in [0.15, 0.2) is 0 Å². The van der Waals surface area contributed by atoms with E-state index in [2.05, 4.69) is 21.3 Å². The molecule has 2 aromatic carbocycles. The van der Waals surface area contributed by atoms with Gasteiger partial charge >= 0.3 is 0 Å². The average Bonchev–Trinajstić information content (AvgIpc) is 2.76. The van der Waals surface area contributed by atoms with E-state index in [0.717, 1.165) is 48.5 Å². The molecule has 0 unspecified atom stereocenters. The maximum Gasteiger partial charge on any atom is 0.255 e. The van der Waals surface area contributed by atoms with Crippen LogP contribution in [0, 0.1) is 0 Å². The fourth-order valence-electron chi connectivity index (χ4n) is 3.17. The van der Waals surface area contributed by atoms with E-state index in [1.54, 1.807) is 18.0 Å². The van der Waals surface area contributed by atoms with Crippen molar-refractivity contribution in [2.24, 2.45) is 0 Å². The standard InChI is InChI=1S/C23H23N3O2S/c27-23(19-7-9-21(10-8-19)29-22-6-1-2-11-24-22)25-20-5-3-4-18(16-20)17-26-12-14-28-15-13-26/h1-11,16H,12-15,17H2,(H,25,27). The molecule has 1 aromatic heterocycles. The van der Waals surface area contributed by atoms with Gasteiger partial charge < -0.3 is 10.1 Å². The van der Waals surface area contributed by atoms with Gasteiger partial charge in [-0.3, -0.25) is 9.69 Å². The molecule has 0 spiro atoms. The predicted octanol–water partition coefficient (Wildman–Crippen LogP) is 4.32. The minimum Gasteiger partial charge on any atom is -0.379 e. The SMILES string of the molecule is O=C(Nc1cccc(CN2CCOCC2)c1)c1ccc(Sc2ccccn2)cc1. The Kier molecular flexibility index (Phi) is 6.56. The van der Waals surface area contributed by atoms with Crippen LogP contribution in [0.4, 0.5) is 5.69 Å². The molecule has 4 rings (SSSR count). The van der Waals surface area contributed by atoms with Gasteiger partial charge in [0.05, 0.1) is 13.2 Å². The van der Waals surface area contributed by atoms with Crippen molar-refractivity contribution in [1.29, 1.82) is 0 Å². The number of carbonyl (C=O) groups excluding carboxylic acids is 1. The van der Waals surface area contributed by atoms with E-state index in [4.69, 9.17) is 4.74 Å². The van der Waals surface area contributed by atoms with Crippen LogP contribution in [0.5, 0.6) is 0 Å². The lowest BCUT2D eigenvalue weighted by Crippen LogP contribution is -2.35. The van der Waals surface area contributed by atoms with Gasteiger partial charge in [-0.25, -0.2) is 4.98 Å². The Morgan fingerprint density at radius 2 is 1.86 bits per heavy atom. The van der Waals surface area contributed by atoms with Crippen molar-refractivity contribution in [3.8, 4) is 0 Å². The van der Waals surface area contributed by atoms with E-state index < -0.39 is 0 Å². The number of amides is 1. The van der Waals surface area contributed by atoms with Gasteiger partial charge in [0.1, 0.15) is 5.03 Å². The van der Waals surface area contributed by atoms with Gasteiger partial charge in [-0.1, -0.05) is 30.0 Å². The lowest BCUT2D eigenvalue weighted by atomic mass is 10.1. The lowest BCUT2D eigenvalue weighted by Gasteiger charge is -2.26. The second-order valence-corrected chi connectivity index (χ2v) is 7.93. The van der Waals surface area contributed by atoms with Crippen molar-refractivity contribution in [1.82, 2.24) is 9.88 Å². The topological polar surface area (TPSA) is 54.5 Å². The number of hydrogen-bond acceptors (Lipinski definition) is 5. The molecule has 5 nitrogen and oxygen atoms in total. The molecule has 6 heteroatoms. The monoisotopic (exact) mass is 405 g/mol. The number of anilines is 1. The number of rotatable bonds is 6. The van der Waals surface area contributed by atoms with Crippen LogP contribution in [0.3, 0.4) is 0 Å². The molecule has 0 atom stereocenters. The van der Waals surface area contributed by atoms with Gasteiger partial charge in [-0.2, -0.15) is 0 Å². The number of aromatic nitrogens is 1. The largest absolute Gasteiger partial charge is 0.379 e. The van der Waals surface area contributed by atoms with Crippen molar-refractivity contribution in [3.63, 3.8) is 0 Å². The zero-order chi connectivity index (χ0) is 19.9. The second-order valence-electron chi connectivity index (χ2n) is 6.84. The van der Waals surface area contributed by atoms with Gasteiger partial charge in [0.2, 0.25) is 0 Å². The summed E-state index contributed by atoms with van der Waals surface area (Å²) in [5.74, 6) is -0.108. The normalized spacial score (nSPS) is 14.5. The van der Waals surface area contributed by atoms with Gasteiger partial charge in [-0.15, -0.1) is 0 Å². The third kappa shape index (κ3) is 5.67. The first kappa shape index (κ1) is 19.6. The van der Waals surface area contributed by atoms with Crippen molar-refractivity contribution < 1.29 is 9.53 Å². The first-order valence-electron chi connectivity index (χ1n) is 9.66. The van der Waals surface area contributed by atoms with E-state index in [0.29, 0.717) is 5.56 Å². The molecule has 2 heterocycles. The number of nitrogens with zero attached hydrogens (tertiary/aromatic N) is 2. The average molecular weight is 406 g/mol. The summed E-state index contributed by atoms with van der Waals surface area (Å²) in [6, 6.07) is 21.5. The Balaban J connectivity index is 1.36. The number of pyridine rings is 1. The van der Waals surface area contributed by atoms with Crippen molar-refractivity contribution in [2.45, 2.75) is 16.5 Å². The Hall–Kier alpha value is -2.67. The highest BCUT2D eigenvalue weighted by Gasteiger charge is 2.12. The minimum absolute atomic E-state index is 0.108. The van der Waals surface area contributed by atoms with Crippen molar-refractivity contribution in [3.05, 3.63) is 84.1 Å². The summed E-state index contributed by atoms with van der Waals surface area (Å²) < 4.78 is 5.40. The van der Waals surface area contributed by atoms with Crippen LogP contribution >= 0.6 is 11.8 Å². The molecule has 0 bridgehead atoms. The minimum atomic E-state index is -0.108. The van der Waals surface area contributed by atoms with Crippen molar-refractivity contribution in [2.75, 3.05) is 31.6 Å². The Bertz CT molecular complexity index is 942. The van der Waals surface area contributed by atoms with Crippen LogP contribution in [0.2, 0.25) is 0 Å². The summed E-state index contributed by atoms with van der Waals surface area (Å²) in [5.41, 5.74) is 2.63. The van der Waals surface area contributed by atoms with E-state index in [-0.39, 0.29) is 5.91 Å². The zero-order valence-corrected chi connectivity index (χ0v) is 16.9. The molecule has 0 saturated carbocycles. The molecular formula is C23H23N3O2S. The number of benzene rings is 2. The number of ether oxygens (including phenoxy) is 1. The molecule has 1 saturated heterocycles. The number of carbonyl (C=O) groups is 1. The number of morpholine rings is 1. The van der Waals surface area contributed by atoms with Gasteiger partial charge in [-0.05, 0) is 54.1 Å². The number of nitrogens with one attached hydrogen (secondary N) is 1. The fraction of sp³-hybridized carbons (Fsp3) is 0.217. The second kappa shape index (κ2) is 9.69. The van der Waals surface area contributed by atoms with Crippen molar-refractivity contribution >= 4 is 23.4 Å². The van der Waals surface area contributed by atoms with E-state index in [9.17, 15) is 4.79 Å². The Morgan fingerprint density at radius 1 is 1.03 bits per heavy atom. The van der Waals surface area contributed by atoms with Crippen LogP contribution < -0.4 is 5.32 Å². The van der Waals surface area contributed by atoms with Crippen LogP contribution in [0.15, 0.2) is 82.8 Å². The summed E-state index contributed by atoms with van der Waals surface area (Å²) >= 11 is 1.57. The molecule has 1 fully saturated rings. The smallest absolute Gasteiger partial charge is 0.255 e.